The number of fused-ring (bicyclic) bond motifs is 1. The van der Waals surface area contributed by atoms with Crippen molar-refractivity contribution in [3.63, 3.8) is 0 Å². The van der Waals surface area contributed by atoms with Gasteiger partial charge in [-0.05, 0) is 35.7 Å². The Morgan fingerprint density at radius 3 is 3.00 bits per heavy atom. The molecule has 0 bridgehead atoms. The SMILES string of the molecule is CCC(=O)N1CC(c2nc(Br)c3c(N)nccn23)CCC1C. The fourth-order valence-electron chi connectivity index (χ4n) is 3.20. The summed E-state index contributed by atoms with van der Waals surface area (Å²) in [5.41, 5.74) is 6.75. The largest absolute Gasteiger partial charge is 0.382 e. The third kappa shape index (κ3) is 2.47. The van der Waals surface area contributed by atoms with Crippen LogP contribution in [0.1, 0.15) is 44.9 Å². The Morgan fingerprint density at radius 1 is 1.50 bits per heavy atom. The first-order valence-corrected chi connectivity index (χ1v) is 8.39. The summed E-state index contributed by atoms with van der Waals surface area (Å²) in [5, 5.41) is 0. The van der Waals surface area contributed by atoms with Crippen molar-refractivity contribution < 1.29 is 4.79 Å². The molecule has 3 heterocycles. The van der Waals surface area contributed by atoms with E-state index < -0.39 is 0 Å². The summed E-state index contributed by atoms with van der Waals surface area (Å²) >= 11 is 3.47. The highest BCUT2D eigenvalue weighted by molar-refractivity contribution is 9.10. The summed E-state index contributed by atoms with van der Waals surface area (Å²) in [7, 11) is 0. The minimum Gasteiger partial charge on any atom is -0.382 e. The average molecular weight is 366 g/mol. The zero-order chi connectivity index (χ0) is 15.9. The Balaban J connectivity index is 1.98. The van der Waals surface area contributed by atoms with Crippen molar-refractivity contribution in [1.82, 2.24) is 19.3 Å². The van der Waals surface area contributed by atoms with Gasteiger partial charge < -0.3 is 10.6 Å². The lowest BCUT2D eigenvalue weighted by molar-refractivity contribution is -0.134. The van der Waals surface area contributed by atoms with Crippen LogP contribution in [0, 0.1) is 0 Å². The number of nitrogens with two attached hydrogens (primary N) is 1. The fourth-order valence-corrected chi connectivity index (χ4v) is 3.77. The second-order valence-electron chi connectivity index (χ2n) is 5.81. The molecule has 118 valence electrons. The van der Waals surface area contributed by atoms with Crippen LogP contribution < -0.4 is 5.73 Å². The van der Waals surface area contributed by atoms with Gasteiger partial charge in [-0.25, -0.2) is 9.97 Å². The van der Waals surface area contributed by atoms with Crippen LogP contribution in [0.5, 0.6) is 0 Å². The molecular formula is C15H20BrN5O. The first kappa shape index (κ1) is 15.3. The molecule has 6 nitrogen and oxygen atoms in total. The number of hydrogen-bond acceptors (Lipinski definition) is 4. The molecule has 1 amide bonds. The van der Waals surface area contributed by atoms with Gasteiger partial charge in [0, 0.05) is 37.3 Å². The van der Waals surface area contributed by atoms with Crippen LogP contribution in [-0.4, -0.2) is 37.8 Å². The number of likely N-dealkylation sites (tertiary alicyclic amines) is 1. The van der Waals surface area contributed by atoms with Crippen LogP contribution in [0.3, 0.4) is 0 Å². The molecule has 2 unspecified atom stereocenters. The number of hydrogen-bond donors (Lipinski definition) is 1. The van der Waals surface area contributed by atoms with E-state index in [1.54, 1.807) is 6.20 Å². The second-order valence-corrected chi connectivity index (χ2v) is 6.57. The summed E-state index contributed by atoms with van der Waals surface area (Å²) in [6.07, 6.45) is 6.11. The molecule has 7 heteroatoms. The summed E-state index contributed by atoms with van der Waals surface area (Å²) in [5.74, 6) is 1.82. The minimum absolute atomic E-state index is 0.207. The minimum atomic E-state index is 0.207. The zero-order valence-corrected chi connectivity index (χ0v) is 14.4. The number of nitrogen functional groups attached to an aromatic ring is 1. The number of nitrogens with zero attached hydrogens (tertiary/aromatic N) is 4. The lowest BCUT2D eigenvalue weighted by Crippen LogP contribution is -2.44. The topological polar surface area (TPSA) is 76.5 Å². The number of rotatable bonds is 2. The second kappa shape index (κ2) is 5.87. The molecule has 2 aromatic heterocycles. The van der Waals surface area contributed by atoms with E-state index in [9.17, 15) is 4.79 Å². The Bertz CT molecular complexity index is 713. The number of amides is 1. The lowest BCUT2D eigenvalue weighted by atomic mass is 9.92. The van der Waals surface area contributed by atoms with Crippen LogP contribution in [0.2, 0.25) is 0 Å². The first-order chi connectivity index (χ1) is 10.5. The van der Waals surface area contributed by atoms with Crippen molar-refractivity contribution in [2.75, 3.05) is 12.3 Å². The zero-order valence-electron chi connectivity index (χ0n) is 12.8. The normalized spacial score (nSPS) is 22.2. The number of anilines is 1. The molecule has 1 saturated heterocycles. The van der Waals surface area contributed by atoms with Crippen molar-refractivity contribution in [1.29, 1.82) is 0 Å². The molecule has 0 aromatic carbocycles. The molecule has 1 aliphatic heterocycles. The van der Waals surface area contributed by atoms with E-state index in [2.05, 4.69) is 32.8 Å². The molecule has 2 atom stereocenters. The summed E-state index contributed by atoms with van der Waals surface area (Å²) in [6, 6.07) is 0.296. The number of piperidine rings is 1. The van der Waals surface area contributed by atoms with E-state index in [0.717, 1.165) is 24.2 Å². The van der Waals surface area contributed by atoms with E-state index in [1.165, 1.54) is 0 Å². The highest BCUT2D eigenvalue weighted by atomic mass is 79.9. The Kier molecular flexibility index (Phi) is 4.08. The smallest absolute Gasteiger partial charge is 0.222 e. The lowest BCUT2D eigenvalue weighted by Gasteiger charge is -2.37. The van der Waals surface area contributed by atoms with Gasteiger partial charge in [-0.15, -0.1) is 0 Å². The molecule has 1 aliphatic rings. The predicted octanol–water partition coefficient (Wildman–Crippen LogP) is 2.58. The maximum atomic E-state index is 12.1. The third-order valence-corrected chi connectivity index (χ3v) is 4.99. The summed E-state index contributed by atoms with van der Waals surface area (Å²) < 4.78 is 2.70. The van der Waals surface area contributed by atoms with Crippen LogP contribution >= 0.6 is 15.9 Å². The van der Waals surface area contributed by atoms with Gasteiger partial charge in [-0.3, -0.25) is 9.20 Å². The molecule has 0 radical (unpaired) electrons. The summed E-state index contributed by atoms with van der Waals surface area (Å²) in [6.45, 7) is 4.74. The van der Waals surface area contributed by atoms with E-state index in [0.29, 0.717) is 29.4 Å². The monoisotopic (exact) mass is 365 g/mol. The predicted molar refractivity (Wildman–Crippen MR) is 88.5 cm³/mol. The number of halogens is 1. The van der Waals surface area contributed by atoms with Gasteiger partial charge in [0.1, 0.15) is 15.9 Å². The maximum absolute atomic E-state index is 12.1. The molecule has 2 aromatic rings. The van der Waals surface area contributed by atoms with Crippen molar-refractivity contribution in [3.05, 3.63) is 22.8 Å². The number of aromatic nitrogens is 3. The van der Waals surface area contributed by atoms with E-state index in [-0.39, 0.29) is 11.8 Å². The quantitative estimate of drug-likeness (QED) is 0.886. The number of carbonyl (C=O) groups excluding carboxylic acids is 1. The number of imidazole rings is 1. The average Bonchev–Trinajstić information content (AvgIpc) is 2.85. The Morgan fingerprint density at radius 2 is 2.27 bits per heavy atom. The van der Waals surface area contributed by atoms with Crippen molar-refractivity contribution >= 4 is 33.2 Å². The van der Waals surface area contributed by atoms with Gasteiger partial charge in [0.15, 0.2) is 5.82 Å². The van der Waals surface area contributed by atoms with Gasteiger partial charge in [-0.2, -0.15) is 0 Å². The summed E-state index contributed by atoms with van der Waals surface area (Å²) in [4.78, 5) is 22.9. The molecule has 0 spiro atoms. The van der Waals surface area contributed by atoms with E-state index in [1.807, 2.05) is 22.4 Å². The Labute approximate surface area is 137 Å². The van der Waals surface area contributed by atoms with Gasteiger partial charge >= 0.3 is 0 Å². The molecule has 3 rings (SSSR count). The molecule has 1 fully saturated rings. The first-order valence-electron chi connectivity index (χ1n) is 7.60. The maximum Gasteiger partial charge on any atom is 0.222 e. The van der Waals surface area contributed by atoms with E-state index >= 15 is 0 Å². The van der Waals surface area contributed by atoms with Crippen LogP contribution in [0.4, 0.5) is 5.82 Å². The van der Waals surface area contributed by atoms with Crippen LogP contribution in [-0.2, 0) is 4.79 Å². The van der Waals surface area contributed by atoms with Crippen LogP contribution in [0.15, 0.2) is 17.0 Å². The van der Waals surface area contributed by atoms with Gasteiger partial charge in [0.25, 0.3) is 0 Å². The highest BCUT2D eigenvalue weighted by Crippen LogP contribution is 2.33. The number of carbonyl (C=O) groups is 1. The van der Waals surface area contributed by atoms with Crippen molar-refractivity contribution in [2.24, 2.45) is 0 Å². The van der Waals surface area contributed by atoms with Crippen molar-refractivity contribution in [3.8, 4) is 0 Å². The molecular weight excluding hydrogens is 346 g/mol. The highest BCUT2D eigenvalue weighted by Gasteiger charge is 2.31. The van der Waals surface area contributed by atoms with E-state index in [4.69, 9.17) is 5.73 Å². The standard InChI is InChI=1S/C15H20BrN5O/c1-3-11(22)21-8-10(5-4-9(21)2)15-19-13(16)12-14(17)18-6-7-20(12)15/h6-7,9-10H,3-5,8H2,1-2H3,(H2,17,18). The molecule has 2 N–H and O–H groups in total. The van der Waals surface area contributed by atoms with Crippen molar-refractivity contribution in [2.45, 2.75) is 45.1 Å². The van der Waals surface area contributed by atoms with Gasteiger partial charge in [0.05, 0.1) is 0 Å². The molecule has 0 aliphatic carbocycles. The third-order valence-electron chi connectivity index (χ3n) is 4.44. The fraction of sp³-hybridized carbons (Fsp3) is 0.533. The van der Waals surface area contributed by atoms with Gasteiger partial charge in [-0.1, -0.05) is 6.92 Å². The van der Waals surface area contributed by atoms with Crippen LogP contribution in [0.25, 0.3) is 5.52 Å². The van der Waals surface area contributed by atoms with Gasteiger partial charge in [0.2, 0.25) is 5.91 Å². The molecule has 22 heavy (non-hydrogen) atoms. The Hall–Kier alpha value is -1.63. The molecule has 0 saturated carbocycles.